The number of methoxy groups -OCH3 is 1. The molecule has 11 nitrogen and oxygen atoms in total. The molecule has 0 atom stereocenters. The number of nitrogens with one attached hydrogen (secondary N) is 1. The fourth-order valence-electron chi connectivity index (χ4n) is 4.66. The molecule has 1 aliphatic heterocycles. The van der Waals surface area contributed by atoms with Crippen molar-refractivity contribution in [1.29, 1.82) is 0 Å². The van der Waals surface area contributed by atoms with E-state index in [1.165, 1.54) is 37.9 Å². The Morgan fingerprint density at radius 2 is 1.72 bits per heavy atom. The van der Waals surface area contributed by atoms with Gasteiger partial charge in [-0.05, 0) is 65.2 Å². The number of hydrogen-bond acceptors (Lipinski definition) is 8. The summed E-state index contributed by atoms with van der Waals surface area (Å²) in [6, 6.07) is 4.14. The summed E-state index contributed by atoms with van der Waals surface area (Å²) in [5, 5.41) is 2.45. The second-order valence-electron chi connectivity index (χ2n) is 11.5. The predicted octanol–water partition coefficient (Wildman–Crippen LogP) is 4.72. The second kappa shape index (κ2) is 13.1. The molecule has 2 aromatic rings. The Bertz CT molecular complexity index is 1420. The zero-order chi connectivity index (χ0) is 31.3. The van der Waals surface area contributed by atoms with Crippen molar-refractivity contribution in [1.82, 2.24) is 25.1 Å². The summed E-state index contributed by atoms with van der Waals surface area (Å²) in [7, 11) is 1.40. The molecule has 1 saturated heterocycles. The van der Waals surface area contributed by atoms with Gasteiger partial charge >= 0.3 is 6.09 Å². The van der Waals surface area contributed by atoms with Crippen LogP contribution in [0.15, 0.2) is 60.3 Å². The van der Waals surface area contributed by atoms with Gasteiger partial charge in [-0.3, -0.25) is 9.59 Å². The summed E-state index contributed by atoms with van der Waals surface area (Å²) in [5.41, 5.74) is 0.0406. The number of aliphatic imine (C=N–C) groups is 1. The van der Waals surface area contributed by atoms with Gasteiger partial charge in [-0.1, -0.05) is 12.6 Å². The van der Waals surface area contributed by atoms with Crippen LogP contribution in [0, 0.1) is 5.82 Å². The van der Waals surface area contributed by atoms with E-state index in [-0.39, 0.29) is 47.1 Å². The molecule has 2 aliphatic rings. The van der Waals surface area contributed by atoms with E-state index in [1.54, 1.807) is 4.90 Å². The van der Waals surface area contributed by atoms with Crippen LogP contribution >= 0.6 is 0 Å². The normalized spacial score (nSPS) is 15.6. The highest BCUT2D eigenvalue weighted by Gasteiger charge is 2.40. The summed E-state index contributed by atoms with van der Waals surface area (Å²) >= 11 is 0. The third-order valence-corrected chi connectivity index (χ3v) is 6.93. The molecule has 228 valence electrons. The number of piperidine rings is 1. The van der Waals surface area contributed by atoms with Crippen molar-refractivity contribution in [3.63, 3.8) is 0 Å². The number of allylic oxidation sites excluding steroid dienone is 1. The predicted molar refractivity (Wildman–Crippen MR) is 159 cm³/mol. The van der Waals surface area contributed by atoms with E-state index in [4.69, 9.17) is 9.47 Å². The lowest BCUT2D eigenvalue weighted by molar-refractivity contribution is 0.0142. The molecule has 2 heterocycles. The molecule has 0 unspecified atom stereocenters. The van der Waals surface area contributed by atoms with Gasteiger partial charge in [-0.15, -0.1) is 0 Å². The highest BCUT2D eigenvalue weighted by atomic mass is 19.1. The van der Waals surface area contributed by atoms with Crippen LogP contribution in [0.25, 0.3) is 11.4 Å². The number of benzene rings is 1. The number of amides is 3. The molecule has 1 saturated carbocycles. The molecule has 1 aromatic carbocycles. The van der Waals surface area contributed by atoms with Crippen molar-refractivity contribution in [2.24, 2.45) is 4.99 Å². The largest absolute Gasteiger partial charge is 0.481 e. The van der Waals surface area contributed by atoms with Crippen LogP contribution in [0.2, 0.25) is 0 Å². The Labute approximate surface area is 250 Å². The molecule has 0 bridgehead atoms. The number of halogens is 1. The Hall–Kier alpha value is -4.61. The van der Waals surface area contributed by atoms with Crippen molar-refractivity contribution >= 4 is 24.1 Å². The quantitative estimate of drug-likeness (QED) is 0.330. The standard InChI is InChI=1S/C31H37FN6O5/c1-19(16-33-20(2)42-6)36-28(39)25-10-7-21(15-26(25)32)27-34-17-22(18-35-27)29(40)38(23-8-9-23)24-11-13-37(14-12-24)30(41)43-31(3,4)5/h7,10,15-18,23-24H,1-2,8-9,11-14H2,3-6H3,(H,36,39)/b33-16-. The summed E-state index contributed by atoms with van der Waals surface area (Å²) in [6.07, 6.45) is 6.94. The van der Waals surface area contributed by atoms with E-state index in [0.29, 0.717) is 37.1 Å². The molecule has 4 rings (SSSR count). The maximum absolute atomic E-state index is 14.9. The van der Waals surface area contributed by atoms with Crippen molar-refractivity contribution in [3.05, 3.63) is 72.3 Å². The smallest absolute Gasteiger partial charge is 0.410 e. The third-order valence-electron chi connectivity index (χ3n) is 6.93. The number of likely N-dealkylation sites (tertiary alicyclic amines) is 1. The van der Waals surface area contributed by atoms with Crippen molar-refractivity contribution in [2.75, 3.05) is 20.2 Å². The maximum atomic E-state index is 14.9. The van der Waals surface area contributed by atoms with Crippen LogP contribution in [0.5, 0.6) is 0 Å². The molecule has 3 amide bonds. The van der Waals surface area contributed by atoms with E-state index in [2.05, 4.69) is 33.4 Å². The SMILES string of the molecule is C=C(/C=N\C(=C)OC)NC(=O)c1ccc(-c2ncc(C(=O)N(C3CC3)C3CCN(C(=O)OC(C)(C)C)CC3)cn2)cc1F. The summed E-state index contributed by atoms with van der Waals surface area (Å²) < 4.78 is 25.2. The fraction of sp³-hybridized carbons (Fsp3) is 0.419. The highest BCUT2D eigenvalue weighted by molar-refractivity contribution is 5.99. The van der Waals surface area contributed by atoms with Gasteiger partial charge in [0.2, 0.25) is 5.88 Å². The van der Waals surface area contributed by atoms with Crippen LogP contribution in [-0.2, 0) is 9.47 Å². The molecule has 12 heteroatoms. The lowest BCUT2D eigenvalue weighted by atomic mass is 10.0. The fourth-order valence-corrected chi connectivity index (χ4v) is 4.66. The average Bonchev–Trinajstić information content (AvgIpc) is 3.80. The molecular weight excluding hydrogens is 555 g/mol. The van der Waals surface area contributed by atoms with Gasteiger partial charge in [0.1, 0.15) is 11.4 Å². The first-order valence-electron chi connectivity index (χ1n) is 14.1. The monoisotopic (exact) mass is 592 g/mol. The van der Waals surface area contributed by atoms with Gasteiger partial charge in [-0.2, -0.15) is 0 Å². The van der Waals surface area contributed by atoms with Crippen molar-refractivity contribution in [2.45, 2.75) is 64.1 Å². The second-order valence-corrected chi connectivity index (χ2v) is 11.5. The van der Waals surface area contributed by atoms with Crippen LogP contribution in [0.1, 0.15) is 67.2 Å². The number of carbonyl (C=O) groups excluding carboxylic acids is 3. The Morgan fingerprint density at radius 1 is 1.09 bits per heavy atom. The Morgan fingerprint density at radius 3 is 2.28 bits per heavy atom. The van der Waals surface area contributed by atoms with Crippen molar-refractivity contribution in [3.8, 4) is 11.4 Å². The summed E-state index contributed by atoms with van der Waals surface area (Å²) in [6.45, 7) is 13.7. The topological polar surface area (TPSA) is 126 Å². The Kier molecular flexibility index (Phi) is 9.57. The van der Waals surface area contributed by atoms with Crippen LogP contribution in [0.3, 0.4) is 0 Å². The van der Waals surface area contributed by atoms with E-state index in [0.717, 1.165) is 18.9 Å². The number of rotatable bonds is 9. The van der Waals surface area contributed by atoms with Gasteiger partial charge in [0.25, 0.3) is 11.8 Å². The number of ether oxygens (including phenoxy) is 2. The lowest BCUT2D eigenvalue weighted by Crippen LogP contribution is -2.50. The summed E-state index contributed by atoms with van der Waals surface area (Å²) in [5.74, 6) is -1.31. The minimum absolute atomic E-state index is 0.00713. The third kappa shape index (κ3) is 8.24. The summed E-state index contributed by atoms with van der Waals surface area (Å²) in [4.78, 5) is 54.6. The van der Waals surface area contributed by atoms with E-state index < -0.39 is 17.3 Å². The Balaban J connectivity index is 1.39. The van der Waals surface area contributed by atoms with E-state index in [1.807, 2.05) is 25.7 Å². The molecule has 1 N–H and O–H groups in total. The maximum Gasteiger partial charge on any atom is 0.410 e. The zero-order valence-electron chi connectivity index (χ0n) is 24.9. The number of nitrogens with zero attached hydrogens (tertiary/aromatic N) is 5. The molecule has 1 aromatic heterocycles. The van der Waals surface area contributed by atoms with Gasteiger partial charge in [0.15, 0.2) is 5.82 Å². The van der Waals surface area contributed by atoms with E-state index >= 15 is 0 Å². The molecule has 43 heavy (non-hydrogen) atoms. The first-order chi connectivity index (χ1) is 20.4. The van der Waals surface area contributed by atoms with E-state index in [9.17, 15) is 18.8 Å². The lowest BCUT2D eigenvalue weighted by Gasteiger charge is -2.39. The first kappa shape index (κ1) is 31.3. The van der Waals surface area contributed by atoms with Crippen LogP contribution in [-0.4, -0.2) is 81.8 Å². The number of aromatic nitrogens is 2. The van der Waals surface area contributed by atoms with Crippen LogP contribution < -0.4 is 5.32 Å². The van der Waals surface area contributed by atoms with Crippen LogP contribution in [0.4, 0.5) is 9.18 Å². The molecule has 1 aliphatic carbocycles. The number of hydrogen-bond donors (Lipinski definition) is 1. The van der Waals surface area contributed by atoms with Gasteiger partial charge < -0.3 is 24.6 Å². The first-order valence-corrected chi connectivity index (χ1v) is 14.1. The molecule has 2 fully saturated rings. The number of carbonyl (C=O) groups is 3. The molecular formula is C31H37FN6O5. The minimum Gasteiger partial charge on any atom is -0.481 e. The van der Waals surface area contributed by atoms with Gasteiger partial charge in [-0.25, -0.2) is 24.1 Å². The molecule has 0 radical (unpaired) electrons. The minimum atomic E-state index is -0.776. The van der Waals surface area contributed by atoms with Crippen molar-refractivity contribution < 1.29 is 28.2 Å². The van der Waals surface area contributed by atoms with Gasteiger partial charge in [0.05, 0.1) is 30.1 Å². The average molecular weight is 593 g/mol. The highest BCUT2D eigenvalue weighted by Crippen LogP contribution is 2.33. The molecule has 0 spiro atoms. The zero-order valence-corrected chi connectivity index (χ0v) is 24.9. The van der Waals surface area contributed by atoms with Gasteiger partial charge in [0, 0.05) is 43.1 Å².